The molecule has 1 heterocycles. The molecule has 4 nitrogen and oxygen atoms in total. The molecule has 0 radical (unpaired) electrons. The lowest BCUT2D eigenvalue weighted by molar-refractivity contribution is -0.0814. The minimum Gasteiger partial charge on any atom is -0.478 e. The second-order valence-electron chi connectivity index (χ2n) is 6.19. The number of nitrogens with zero attached hydrogens (tertiary/aromatic N) is 1. The van der Waals surface area contributed by atoms with E-state index in [1.807, 2.05) is 13.0 Å². The van der Waals surface area contributed by atoms with E-state index in [1.165, 1.54) is 12.1 Å². The zero-order valence-corrected chi connectivity index (χ0v) is 13.5. The Bertz CT molecular complexity index is 717. The van der Waals surface area contributed by atoms with Crippen LogP contribution in [0.25, 0.3) is 0 Å². The van der Waals surface area contributed by atoms with Crippen LogP contribution in [0.2, 0.25) is 0 Å². The fourth-order valence-electron chi connectivity index (χ4n) is 3.09. The third-order valence-corrected chi connectivity index (χ3v) is 4.16. The zero-order valence-electron chi connectivity index (χ0n) is 13.5. The summed E-state index contributed by atoms with van der Waals surface area (Å²) in [6, 6.07) is 13.4. The molecule has 1 N–H and O–H groups in total. The molecule has 1 fully saturated rings. The summed E-state index contributed by atoms with van der Waals surface area (Å²) in [7, 11) is 0. The normalized spacial score (nSPS) is 21.6. The fourth-order valence-corrected chi connectivity index (χ4v) is 3.09. The van der Waals surface area contributed by atoms with E-state index in [4.69, 9.17) is 9.84 Å². The maximum absolute atomic E-state index is 13.1. The number of halogens is 1. The molecule has 0 saturated carbocycles. The first-order valence-corrected chi connectivity index (χ1v) is 7.97. The molecule has 0 bridgehead atoms. The lowest BCUT2D eigenvalue weighted by Crippen LogP contribution is -2.42. The molecule has 24 heavy (non-hydrogen) atoms. The molecular formula is C19H20FNO3. The van der Waals surface area contributed by atoms with Gasteiger partial charge in [0.1, 0.15) is 5.82 Å². The van der Waals surface area contributed by atoms with E-state index in [-0.39, 0.29) is 18.0 Å². The van der Waals surface area contributed by atoms with E-state index in [0.29, 0.717) is 18.7 Å². The van der Waals surface area contributed by atoms with E-state index in [2.05, 4.69) is 4.90 Å². The minimum absolute atomic E-state index is 0.0523. The van der Waals surface area contributed by atoms with Crippen molar-refractivity contribution >= 4 is 5.97 Å². The average molecular weight is 329 g/mol. The molecule has 2 unspecified atom stereocenters. The number of benzene rings is 2. The monoisotopic (exact) mass is 329 g/mol. The fraction of sp³-hybridized carbons (Fsp3) is 0.316. The summed E-state index contributed by atoms with van der Waals surface area (Å²) < 4.78 is 19.1. The number of hydrogen-bond acceptors (Lipinski definition) is 3. The molecule has 2 aromatic carbocycles. The van der Waals surface area contributed by atoms with E-state index < -0.39 is 5.97 Å². The van der Waals surface area contributed by atoms with Crippen LogP contribution in [0.15, 0.2) is 48.5 Å². The Morgan fingerprint density at radius 3 is 2.71 bits per heavy atom. The first-order chi connectivity index (χ1) is 11.5. The van der Waals surface area contributed by atoms with Gasteiger partial charge in [0.2, 0.25) is 0 Å². The Morgan fingerprint density at radius 1 is 1.25 bits per heavy atom. The molecule has 1 saturated heterocycles. The Kier molecular flexibility index (Phi) is 4.92. The number of aromatic carboxylic acids is 1. The van der Waals surface area contributed by atoms with Gasteiger partial charge < -0.3 is 9.84 Å². The van der Waals surface area contributed by atoms with Gasteiger partial charge in [-0.15, -0.1) is 0 Å². The van der Waals surface area contributed by atoms with Gasteiger partial charge in [-0.05, 0) is 42.3 Å². The number of carboxylic acid groups (broad SMARTS) is 1. The summed E-state index contributed by atoms with van der Waals surface area (Å²) in [6.45, 7) is 4.13. The summed E-state index contributed by atoms with van der Waals surface area (Å²) in [5.74, 6) is -1.18. The number of hydrogen-bond donors (Lipinski definition) is 1. The molecule has 0 spiro atoms. The molecule has 2 aromatic rings. The second kappa shape index (κ2) is 7.11. The number of morpholine rings is 1. The van der Waals surface area contributed by atoms with Crippen LogP contribution >= 0.6 is 0 Å². The van der Waals surface area contributed by atoms with Gasteiger partial charge in [-0.25, -0.2) is 9.18 Å². The summed E-state index contributed by atoms with van der Waals surface area (Å²) in [4.78, 5) is 13.3. The Balaban J connectivity index is 1.72. The van der Waals surface area contributed by atoms with E-state index >= 15 is 0 Å². The smallest absolute Gasteiger partial charge is 0.335 e. The summed E-state index contributed by atoms with van der Waals surface area (Å²) in [6.07, 6.45) is -0.0616. The van der Waals surface area contributed by atoms with Crippen molar-refractivity contribution < 1.29 is 19.0 Å². The average Bonchev–Trinajstić information content (AvgIpc) is 2.55. The van der Waals surface area contributed by atoms with Gasteiger partial charge in [0.15, 0.2) is 0 Å². The highest BCUT2D eigenvalue weighted by Crippen LogP contribution is 2.26. The highest BCUT2D eigenvalue weighted by Gasteiger charge is 2.26. The van der Waals surface area contributed by atoms with Crippen LogP contribution in [0.4, 0.5) is 4.39 Å². The van der Waals surface area contributed by atoms with Crippen LogP contribution in [-0.4, -0.2) is 35.2 Å². The summed E-state index contributed by atoms with van der Waals surface area (Å²) in [5, 5.41) is 9.11. The van der Waals surface area contributed by atoms with Gasteiger partial charge in [-0.3, -0.25) is 4.90 Å². The lowest BCUT2D eigenvalue weighted by Gasteiger charge is -2.37. The molecule has 3 rings (SSSR count). The van der Waals surface area contributed by atoms with Crippen LogP contribution in [-0.2, 0) is 11.3 Å². The van der Waals surface area contributed by atoms with Crippen LogP contribution < -0.4 is 0 Å². The molecule has 5 heteroatoms. The van der Waals surface area contributed by atoms with Crippen LogP contribution in [0.3, 0.4) is 0 Å². The third-order valence-electron chi connectivity index (χ3n) is 4.16. The molecule has 126 valence electrons. The Morgan fingerprint density at radius 2 is 2.00 bits per heavy atom. The Labute approximate surface area is 140 Å². The van der Waals surface area contributed by atoms with Gasteiger partial charge in [0.05, 0.1) is 17.8 Å². The number of carbonyl (C=O) groups is 1. The van der Waals surface area contributed by atoms with Crippen molar-refractivity contribution in [3.63, 3.8) is 0 Å². The van der Waals surface area contributed by atoms with Crippen molar-refractivity contribution in [3.8, 4) is 0 Å². The van der Waals surface area contributed by atoms with Crippen molar-refractivity contribution in [2.75, 3.05) is 13.1 Å². The molecular weight excluding hydrogens is 309 g/mol. The SMILES string of the molecule is CC1CN(Cc2cccc(C(=O)O)c2)CC(c2ccc(F)cc2)O1. The van der Waals surface area contributed by atoms with Crippen molar-refractivity contribution in [2.24, 2.45) is 0 Å². The van der Waals surface area contributed by atoms with Gasteiger partial charge in [0, 0.05) is 19.6 Å². The van der Waals surface area contributed by atoms with Gasteiger partial charge in [-0.1, -0.05) is 24.3 Å². The first-order valence-electron chi connectivity index (χ1n) is 7.97. The maximum atomic E-state index is 13.1. The van der Waals surface area contributed by atoms with Gasteiger partial charge >= 0.3 is 5.97 Å². The van der Waals surface area contributed by atoms with Crippen LogP contribution in [0.1, 0.15) is 34.5 Å². The van der Waals surface area contributed by atoms with Gasteiger partial charge in [0.25, 0.3) is 0 Å². The van der Waals surface area contributed by atoms with Crippen molar-refractivity contribution in [2.45, 2.75) is 25.7 Å². The van der Waals surface area contributed by atoms with E-state index in [1.54, 1.807) is 30.3 Å². The highest BCUT2D eigenvalue weighted by atomic mass is 19.1. The first kappa shape index (κ1) is 16.6. The molecule has 1 aliphatic rings. The predicted molar refractivity (Wildman–Crippen MR) is 88.4 cm³/mol. The largest absolute Gasteiger partial charge is 0.478 e. The van der Waals surface area contributed by atoms with Gasteiger partial charge in [-0.2, -0.15) is 0 Å². The number of carboxylic acids is 1. The molecule has 0 aromatic heterocycles. The number of rotatable bonds is 4. The van der Waals surface area contributed by atoms with Crippen LogP contribution in [0.5, 0.6) is 0 Å². The lowest BCUT2D eigenvalue weighted by atomic mass is 10.1. The molecule has 1 aliphatic heterocycles. The molecule has 0 amide bonds. The van der Waals surface area contributed by atoms with Crippen molar-refractivity contribution in [1.29, 1.82) is 0 Å². The van der Waals surface area contributed by atoms with E-state index in [0.717, 1.165) is 17.7 Å². The maximum Gasteiger partial charge on any atom is 0.335 e. The minimum atomic E-state index is -0.920. The topological polar surface area (TPSA) is 49.8 Å². The quantitative estimate of drug-likeness (QED) is 0.933. The Hall–Kier alpha value is -2.24. The predicted octanol–water partition coefficient (Wildman–Crippen LogP) is 3.49. The second-order valence-corrected chi connectivity index (χ2v) is 6.19. The molecule has 0 aliphatic carbocycles. The standard InChI is InChI=1S/C19H20FNO3/c1-13-10-21(11-14-3-2-4-16(9-14)19(22)23)12-18(24-13)15-5-7-17(20)8-6-15/h2-9,13,18H,10-12H2,1H3,(H,22,23). The highest BCUT2D eigenvalue weighted by molar-refractivity contribution is 5.87. The third kappa shape index (κ3) is 3.99. The van der Waals surface area contributed by atoms with Crippen molar-refractivity contribution in [3.05, 3.63) is 71.0 Å². The summed E-state index contributed by atoms with van der Waals surface area (Å²) in [5.41, 5.74) is 2.21. The zero-order chi connectivity index (χ0) is 17.1. The summed E-state index contributed by atoms with van der Waals surface area (Å²) >= 11 is 0. The molecule has 2 atom stereocenters. The van der Waals surface area contributed by atoms with Crippen LogP contribution in [0, 0.1) is 5.82 Å². The number of ether oxygens (including phenoxy) is 1. The van der Waals surface area contributed by atoms with E-state index in [9.17, 15) is 9.18 Å². The van der Waals surface area contributed by atoms with Crippen molar-refractivity contribution in [1.82, 2.24) is 4.90 Å².